The van der Waals surface area contributed by atoms with E-state index in [0.29, 0.717) is 31.1 Å². The number of hydrogen-bond donors (Lipinski definition) is 2. The molecular formula is C25H35N3O2S. The van der Waals surface area contributed by atoms with Crippen LogP contribution in [0.2, 0.25) is 0 Å². The summed E-state index contributed by atoms with van der Waals surface area (Å²) in [5.74, 6) is 1.28. The van der Waals surface area contributed by atoms with Gasteiger partial charge in [0.15, 0.2) is 0 Å². The van der Waals surface area contributed by atoms with Crippen LogP contribution in [0.4, 0.5) is 0 Å². The Morgan fingerprint density at radius 1 is 1.26 bits per heavy atom. The van der Waals surface area contributed by atoms with Crippen molar-refractivity contribution in [2.24, 2.45) is 11.3 Å². The predicted octanol–water partition coefficient (Wildman–Crippen LogP) is 5.07. The van der Waals surface area contributed by atoms with Crippen LogP contribution in [0, 0.1) is 11.3 Å². The molecule has 2 aliphatic rings. The van der Waals surface area contributed by atoms with Crippen LogP contribution in [-0.2, 0) is 24.1 Å². The van der Waals surface area contributed by atoms with Crippen LogP contribution >= 0.6 is 11.3 Å². The number of nitrogens with one attached hydrogen (secondary N) is 2. The van der Waals surface area contributed by atoms with Gasteiger partial charge in [-0.3, -0.25) is 9.59 Å². The monoisotopic (exact) mass is 441 g/mol. The maximum atomic E-state index is 12.8. The van der Waals surface area contributed by atoms with Gasteiger partial charge in [-0.15, -0.1) is 11.3 Å². The molecule has 0 radical (unpaired) electrons. The van der Waals surface area contributed by atoms with E-state index < -0.39 is 0 Å². The number of allylic oxidation sites excluding steroid dienone is 1. The van der Waals surface area contributed by atoms with Gasteiger partial charge in [-0.1, -0.05) is 32.4 Å². The molecule has 2 aromatic rings. The van der Waals surface area contributed by atoms with E-state index in [1.54, 1.807) is 11.3 Å². The van der Waals surface area contributed by atoms with Gasteiger partial charge in [0.05, 0.1) is 5.39 Å². The summed E-state index contributed by atoms with van der Waals surface area (Å²) in [4.78, 5) is 34.9. The average molecular weight is 442 g/mol. The molecule has 1 amide bonds. The van der Waals surface area contributed by atoms with Crippen LogP contribution in [0.25, 0.3) is 10.2 Å². The standard InChI is InChI=1S/C25H35N3O2S/c1-25(2,3)17-9-10-18-19(15-17)31-24-22(18)23(30)27-20(28-24)11-12-21(29)26-14-13-16-7-5-4-6-8-16/h7,17H,4-6,8-15H2,1-3H3,(H,26,29)(H,27,28,30)/t17-/m0/s1. The number of H-pyrrole nitrogens is 1. The lowest BCUT2D eigenvalue weighted by atomic mass is 9.72. The third-order valence-electron chi connectivity index (χ3n) is 6.94. The molecule has 0 unspecified atom stereocenters. The van der Waals surface area contributed by atoms with E-state index in [4.69, 9.17) is 4.98 Å². The highest BCUT2D eigenvalue weighted by molar-refractivity contribution is 7.18. The molecule has 2 N–H and O–H groups in total. The van der Waals surface area contributed by atoms with Gasteiger partial charge in [-0.25, -0.2) is 4.98 Å². The Balaban J connectivity index is 1.37. The molecule has 0 bridgehead atoms. The number of aromatic nitrogens is 2. The molecule has 0 saturated heterocycles. The Labute approximate surface area is 188 Å². The van der Waals surface area contributed by atoms with Gasteiger partial charge in [0.25, 0.3) is 5.56 Å². The molecule has 0 fully saturated rings. The van der Waals surface area contributed by atoms with Gasteiger partial charge in [0, 0.05) is 24.3 Å². The molecule has 0 saturated carbocycles. The van der Waals surface area contributed by atoms with E-state index in [1.807, 2.05) is 0 Å². The zero-order chi connectivity index (χ0) is 22.0. The third-order valence-corrected chi connectivity index (χ3v) is 8.08. The molecule has 168 valence electrons. The summed E-state index contributed by atoms with van der Waals surface area (Å²) in [6.07, 6.45) is 12.1. The molecule has 31 heavy (non-hydrogen) atoms. The minimum Gasteiger partial charge on any atom is -0.356 e. The van der Waals surface area contributed by atoms with Crippen molar-refractivity contribution < 1.29 is 4.79 Å². The van der Waals surface area contributed by atoms with E-state index in [1.165, 1.54) is 41.7 Å². The second-order valence-corrected chi connectivity index (χ2v) is 11.3. The second-order valence-electron chi connectivity index (χ2n) is 10.2. The first kappa shape index (κ1) is 22.3. The zero-order valence-corrected chi connectivity index (χ0v) is 19.9. The van der Waals surface area contributed by atoms with Crippen LogP contribution in [0.3, 0.4) is 0 Å². The quantitative estimate of drug-likeness (QED) is 0.614. The molecule has 1 atom stereocenters. The van der Waals surface area contributed by atoms with Crippen molar-refractivity contribution in [2.45, 2.75) is 85.0 Å². The second kappa shape index (κ2) is 9.27. The molecule has 2 aliphatic carbocycles. The maximum absolute atomic E-state index is 12.8. The number of carbonyl (C=O) groups is 1. The van der Waals surface area contributed by atoms with Gasteiger partial charge in [0.2, 0.25) is 5.91 Å². The number of fused-ring (bicyclic) bond motifs is 3. The summed E-state index contributed by atoms with van der Waals surface area (Å²) in [5, 5.41) is 3.79. The van der Waals surface area contributed by atoms with E-state index in [-0.39, 0.29) is 16.9 Å². The number of nitrogens with zero attached hydrogens (tertiary/aromatic N) is 1. The Bertz CT molecular complexity index is 1040. The van der Waals surface area contributed by atoms with Crippen molar-refractivity contribution in [2.75, 3.05) is 6.54 Å². The fourth-order valence-electron chi connectivity index (χ4n) is 4.90. The lowest BCUT2D eigenvalue weighted by molar-refractivity contribution is -0.121. The smallest absolute Gasteiger partial charge is 0.259 e. The number of carbonyl (C=O) groups excluding carboxylic acids is 1. The normalized spacial score (nSPS) is 19.2. The largest absolute Gasteiger partial charge is 0.356 e. The first-order valence-electron chi connectivity index (χ1n) is 11.8. The van der Waals surface area contributed by atoms with Crippen LogP contribution in [0.15, 0.2) is 16.4 Å². The highest BCUT2D eigenvalue weighted by Crippen LogP contribution is 2.41. The van der Waals surface area contributed by atoms with Crippen molar-refractivity contribution in [3.63, 3.8) is 0 Å². The summed E-state index contributed by atoms with van der Waals surface area (Å²) in [6.45, 7) is 7.60. The fraction of sp³-hybridized carbons (Fsp3) is 0.640. The number of aromatic amines is 1. The molecule has 2 heterocycles. The minimum atomic E-state index is -0.0450. The number of thiophene rings is 1. The number of rotatable bonds is 6. The molecular weight excluding hydrogens is 406 g/mol. The first-order valence-corrected chi connectivity index (χ1v) is 12.6. The van der Waals surface area contributed by atoms with E-state index in [0.717, 1.165) is 35.9 Å². The summed E-state index contributed by atoms with van der Waals surface area (Å²) in [6, 6.07) is 0. The average Bonchev–Trinajstić information content (AvgIpc) is 3.10. The molecule has 2 aromatic heterocycles. The zero-order valence-electron chi connectivity index (χ0n) is 19.1. The Morgan fingerprint density at radius 3 is 2.84 bits per heavy atom. The first-order chi connectivity index (χ1) is 14.8. The lowest BCUT2D eigenvalue weighted by Gasteiger charge is -2.33. The van der Waals surface area contributed by atoms with Crippen LogP contribution in [-0.4, -0.2) is 22.4 Å². The SMILES string of the molecule is CC(C)(C)[C@H]1CCc2c(sc3nc(CCC(=O)NCCC4=CCCCC4)[nH]c(=O)c23)C1. The third kappa shape index (κ3) is 5.28. The van der Waals surface area contributed by atoms with E-state index in [2.05, 4.69) is 37.1 Å². The highest BCUT2D eigenvalue weighted by atomic mass is 32.1. The van der Waals surface area contributed by atoms with Crippen molar-refractivity contribution in [1.82, 2.24) is 15.3 Å². The number of hydrogen-bond acceptors (Lipinski definition) is 4. The summed E-state index contributed by atoms with van der Waals surface area (Å²) >= 11 is 1.67. The predicted molar refractivity (Wildman–Crippen MR) is 128 cm³/mol. The molecule has 0 aliphatic heterocycles. The summed E-state index contributed by atoms with van der Waals surface area (Å²) in [7, 11) is 0. The molecule has 0 aromatic carbocycles. The Kier molecular flexibility index (Phi) is 6.65. The number of amides is 1. The van der Waals surface area contributed by atoms with Gasteiger partial charge in [-0.2, -0.15) is 0 Å². The summed E-state index contributed by atoms with van der Waals surface area (Å²) < 4.78 is 0. The van der Waals surface area contributed by atoms with Crippen molar-refractivity contribution in [3.05, 3.63) is 38.3 Å². The highest BCUT2D eigenvalue weighted by Gasteiger charge is 2.31. The lowest BCUT2D eigenvalue weighted by Crippen LogP contribution is -2.26. The van der Waals surface area contributed by atoms with Crippen LogP contribution in [0.5, 0.6) is 0 Å². The number of aryl methyl sites for hydroxylation is 2. The van der Waals surface area contributed by atoms with Gasteiger partial charge in [0.1, 0.15) is 10.7 Å². The summed E-state index contributed by atoms with van der Waals surface area (Å²) in [5.41, 5.74) is 2.91. The van der Waals surface area contributed by atoms with Crippen molar-refractivity contribution in [3.8, 4) is 0 Å². The van der Waals surface area contributed by atoms with Crippen molar-refractivity contribution in [1.29, 1.82) is 0 Å². The minimum absolute atomic E-state index is 0.0256. The Morgan fingerprint density at radius 2 is 2.10 bits per heavy atom. The van der Waals surface area contributed by atoms with Crippen LogP contribution in [0.1, 0.15) is 82.0 Å². The van der Waals surface area contributed by atoms with Crippen LogP contribution < -0.4 is 10.9 Å². The molecule has 5 nitrogen and oxygen atoms in total. The van der Waals surface area contributed by atoms with E-state index in [9.17, 15) is 9.59 Å². The van der Waals surface area contributed by atoms with E-state index >= 15 is 0 Å². The Hall–Kier alpha value is -1.95. The molecule has 4 rings (SSSR count). The maximum Gasteiger partial charge on any atom is 0.259 e. The molecule has 6 heteroatoms. The fourth-order valence-corrected chi connectivity index (χ4v) is 6.22. The van der Waals surface area contributed by atoms with Gasteiger partial charge < -0.3 is 10.3 Å². The van der Waals surface area contributed by atoms with Gasteiger partial charge >= 0.3 is 0 Å². The molecule has 0 spiro atoms. The van der Waals surface area contributed by atoms with Crippen molar-refractivity contribution >= 4 is 27.5 Å². The topological polar surface area (TPSA) is 74.8 Å². The van der Waals surface area contributed by atoms with Gasteiger partial charge in [-0.05, 0) is 68.3 Å².